The van der Waals surface area contributed by atoms with Gasteiger partial charge in [-0.15, -0.1) is 0 Å². The average Bonchev–Trinajstić information content (AvgIpc) is 2.92. The highest BCUT2D eigenvalue weighted by atomic mass is 16.5. The lowest BCUT2D eigenvalue weighted by Gasteiger charge is -2.04. The van der Waals surface area contributed by atoms with E-state index in [0.717, 1.165) is 41.4 Å². The summed E-state index contributed by atoms with van der Waals surface area (Å²) in [5.41, 5.74) is 2.86. The fourth-order valence-corrected chi connectivity index (χ4v) is 2.46. The van der Waals surface area contributed by atoms with Gasteiger partial charge in [-0.2, -0.15) is 0 Å². The highest BCUT2D eigenvalue weighted by Crippen LogP contribution is 2.22. The molecule has 2 rings (SSSR count). The lowest BCUT2D eigenvalue weighted by atomic mass is 10.1. The lowest BCUT2D eigenvalue weighted by Crippen LogP contribution is -2.26. The zero-order chi connectivity index (χ0) is 16.7. The molecule has 2 aromatic rings. The predicted molar refractivity (Wildman–Crippen MR) is 88.1 cm³/mol. The van der Waals surface area contributed by atoms with E-state index in [9.17, 15) is 9.59 Å². The molecule has 5 heteroatoms. The standard InChI is InChI=1S/C18H23NO4/c1-13-7-8-15-14(12-23-16(15)10-13)11-17(20)19-9-5-3-4-6-18(21)22-2/h7-8,10,12H,3-6,9,11H2,1-2H3,(H,19,20). The molecule has 1 N–H and O–H groups in total. The van der Waals surface area contributed by atoms with Crippen LogP contribution in [-0.2, 0) is 20.7 Å². The molecule has 0 spiro atoms. The van der Waals surface area contributed by atoms with Crippen LogP contribution in [0.3, 0.4) is 0 Å². The summed E-state index contributed by atoms with van der Waals surface area (Å²) in [5, 5.41) is 3.89. The summed E-state index contributed by atoms with van der Waals surface area (Å²) in [6.45, 7) is 2.63. The summed E-state index contributed by atoms with van der Waals surface area (Å²) in [6.07, 6.45) is 4.94. The number of carbonyl (C=O) groups is 2. The van der Waals surface area contributed by atoms with Gasteiger partial charge in [-0.05, 0) is 31.4 Å². The van der Waals surface area contributed by atoms with Crippen molar-refractivity contribution in [3.8, 4) is 0 Å². The van der Waals surface area contributed by atoms with Crippen molar-refractivity contribution in [1.29, 1.82) is 0 Å². The van der Waals surface area contributed by atoms with Gasteiger partial charge in [-0.1, -0.05) is 18.6 Å². The zero-order valence-electron chi connectivity index (χ0n) is 13.7. The van der Waals surface area contributed by atoms with Crippen LogP contribution in [0.1, 0.15) is 36.8 Å². The third-order valence-corrected chi connectivity index (χ3v) is 3.77. The summed E-state index contributed by atoms with van der Waals surface area (Å²) in [5.74, 6) is -0.197. The maximum atomic E-state index is 12.0. The first-order valence-corrected chi connectivity index (χ1v) is 7.90. The van der Waals surface area contributed by atoms with Crippen molar-refractivity contribution in [3.05, 3.63) is 35.6 Å². The van der Waals surface area contributed by atoms with Gasteiger partial charge in [0.15, 0.2) is 0 Å². The molecule has 0 bridgehead atoms. The molecule has 5 nitrogen and oxygen atoms in total. The molecular weight excluding hydrogens is 294 g/mol. The Kier molecular flexibility index (Phi) is 6.20. The smallest absolute Gasteiger partial charge is 0.305 e. The van der Waals surface area contributed by atoms with Gasteiger partial charge >= 0.3 is 5.97 Å². The van der Waals surface area contributed by atoms with Crippen molar-refractivity contribution in [2.45, 2.75) is 39.0 Å². The molecule has 0 aliphatic carbocycles. The van der Waals surface area contributed by atoms with Gasteiger partial charge in [-0.3, -0.25) is 9.59 Å². The number of hydrogen-bond acceptors (Lipinski definition) is 4. The van der Waals surface area contributed by atoms with Crippen LogP contribution in [0.2, 0.25) is 0 Å². The molecule has 1 heterocycles. The molecule has 0 saturated carbocycles. The van der Waals surface area contributed by atoms with E-state index >= 15 is 0 Å². The fourth-order valence-electron chi connectivity index (χ4n) is 2.46. The van der Waals surface area contributed by atoms with Crippen molar-refractivity contribution in [2.24, 2.45) is 0 Å². The third kappa shape index (κ3) is 5.13. The minimum absolute atomic E-state index is 0.0127. The maximum Gasteiger partial charge on any atom is 0.305 e. The first-order valence-electron chi connectivity index (χ1n) is 7.90. The molecule has 0 unspecified atom stereocenters. The average molecular weight is 317 g/mol. The number of benzene rings is 1. The van der Waals surface area contributed by atoms with Crippen molar-refractivity contribution in [1.82, 2.24) is 5.32 Å². The summed E-state index contributed by atoms with van der Waals surface area (Å²) >= 11 is 0. The normalized spacial score (nSPS) is 10.7. The molecule has 124 valence electrons. The van der Waals surface area contributed by atoms with Crippen molar-refractivity contribution in [2.75, 3.05) is 13.7 Å². The molecule has 0 aliphatic heterocycles. The lowest BCUT2D eigenvalue weighted by molar-refractivity contribution is -0.140. The van der Waals surface area contributed by atoms with Crippen LogP contribution in [0.15, 0.2) is 28.9 Å². The van der Waals surface area contributed by atoms with E-state index < -0.39 is 0 Å². The second-order valence-corrected chi connectivity index (χ2v) is 5.67. The quantitative estimate of drug-likeness (QED) is 0.600. The van der Waals surface area contributed by atoms with Crippen molar-refractivity contribution in [3.63, 3.8) is 0 Å². The van der Waals surface area contributed by atoms with E-state index in [1.54, 1.807) is 6.26 Å². The Morgan fingerprint density at radius 3 is 2.83 bits per heavy atom. The van der Waals surface area contributed by atoms with Crippen LogP contribution < -0.4 is 5.32 Å². The van der Waals surface area contributed by atoms with Crippen LogP contribution in [0.5, 0.6) is 0 Å². The van der Waals surface area contributed by atoms with E-state index in [1.807, 2.05) is 25.1 Å². The van der Waals surface area contributed by atoms with Crippen molar-refractivity contribution >= 4 is 22.8 Å². The Labute approximate surface area is 136 Å². The van der Waals surface area contributed by atoms with Gasteiger partial charge in [-0.25, -0.2) is 0 Å². The number of ether oxygens (including phenoxy) is 1. The highest BCUT2D eigenvalue weighted by Gasteiger charge is 2.10. The molecule has 0 radical (unpaired) electrons. The highest BCUT2D eigenvalue weighted by molar-refractivity contribution is 5.87. The Balaban J connectivity index is 1.71. The topological polar surface area (TPSA) is 68.5 Å². The Bertz CT molecular complexity index is 675. The Morgan fingerprint density at radius 1 is 1.22 bits per heavy atom. The van der Waals surface area contributed by atoms with Gasteiger partial charge in [0.25, 0.3) is 0 Å². The summed E-state index contributed by atoms with van der Waals surface area (Å²) < 4.78 is 10.1. The van der Waals surface area contributed by atoms with E-state index in [2.05, 4.69) is 10.1 Å². The van der Waals surface area contributed by atoms with Gasteiger partial charge in [0.1, 0.15) is 5.58 Å². The molecule has 1 aromatic carbocycles. The largest absolute Gasteiger partial charge is 0.469 e. The first-order chi connectivity index (χ1) is 11.1. The SMILES string of the molecule is COC(=O)CCCCCNC(=O)Cc1coc2cc(C)ccc12. The zero-order valence-corrected chi connectivity index (χ0v) is 13.7. The Hall–Kier alpha value is -2.30. The summed E-state index contributed by atoms with van der Waals surface area (Å²) in [7, 11) is 1.39. The minimum Gasteiger partial charge on any atom is -0.469 e. The molecule has 1 amide bonds. The van der Waals surface area contributed by atoms with Crippen LogP contribution >= 0.6 is 0 Å². The first kappa shape index (κ1) is 17.1. The molecule has 23 heavy (non-hydrogen) atoms. The Morgan fingerprint density at radius 2 is 2.04 bits per heavy atom. The van der Waals surface area contributed by atoms with E-state index in [4.69, 9.17) is 4.42 Å². The van der Waals surface area contributed by atoms with Gasteiger partial charge in [0.05, 0.1) is 19.8 Å². The van der Waals surface area contributed by atoms with Gasteiger partial charge in [0, 0.05) is 23.9 Å². The molecule has 1 aromatic heterocycles. The number of amides is 1. The molecule has 0 fully saturated rings. The number of rotatable bonds is 8. The summed E-state index contributed by atoms with van der Waals surface area (Å²) in [4.78, 5) is 22.9. The number of carbonyl (C=O) groups excluding carboxylic acids is 2. The van der Waals surface area contributed by atoms with Crippen LogP contribution in [0.25, 0.3) is 11.0 Å². The number of hydrogen-bond donors (Lipinski definition) is 1. The molecular formula is C18H23NO4. The number of aryl methyl sites for hydroxylation is 1. The molecule has 0 atom stereocenters. The number of methoxy groups -OCH3 is 1. The van der Waals surface area contributed by atoms with Crippen LogP contribution in [-0.4, -0.2) is 25.5 Å². The van der Waals surface area contributed by atoms with E-state index in [0.29, 0.717) is 19.4 Å². The number of furan rings is 1. The minimum atomic E-state index is -0.184. The number of fused-ring (bicyclic) bond motifs is 1. The van der Waals surface area contributed by atoms with Crippen molar-refractivity contribution < 1.29 is 18.7 Å². The van der Waals surface area contributed by atoms with E-state index in [1.165, 1.54) is 7.11 Å². The summed E-state index contributed by atoms with van der Waals surface area (Å²) in [6, 6.07) is 5.97. The monoisotopic (exact) mass is 317 g/mol. The number of nitrogens with one attached hydrogen (secondary N) is 1. The van der Waals surface area contributed by atoms with Crippen LogP contribution in [0.4, 0.5) is 0 Å². The predicted octanol–water partition coefficient (Wildman–Crippen LogP) is 3.13. The fraction of sp³-hybridized carbons (Fsp3) is 0.444. The number of unbranched alkanes of at least 4 members (excludes halogenated alkanes) is 2. The van der Waals surface area contributed by atoms with Crippen LogP contribution in [0, 0.1) is 6.92 Å². The molecule has 0 aliphatic rings. The third-order valence-electron chi connectivity index (χ3n) is 3.77. The maximum absolute atomic E-state index is 12.0. The van der Waals surface area contributed by atoms with E-state index in [-0.39, 0.29) is 11.9 Å². The second kappa shape index (κ2) is 8.36. The van der Waals surface area contributed by atoms with Gasteiger partial charge in [0.2, 0.25) is 5.91 Å². The second-order valence-electron chi connectivity index (χ2n) is 5.67. The number of esters is 1. The van der Waals surface area contributed by atoms with Gasteiger partial charge < -0.3 is 14.5 Å². The molecule has 0 saturated heterocycles.